The van der Waals surface area contributed by atoms with Gasteiger partial charge in [-0.15, -0.1) is 0 Å². The summed E-state index contributed by atoms with van der Waals surface area (Å²) in [4.78, 5) is 25.0. The van der Waals surface area contributed by atoms with Crippen LogP contribution < -0.4 is 20.1 Å². The largest absolute Gasteiger partial charge is 0.497 e. The van der Waals surface area contributed by atoms with Crippen molar-refractivity contribution >= 4 is 17.9 Å². The Balaban J connectivity index is 1.71. The van der Waals surface area contributed by atoms with Crippen molar-refractivity contribution in [3.63, 3.8) is 0 Å². The minimum absolute atomic E-state index is 0.0716. The maximum Gasteiger partial charge on any atom is 0.267 e. The minimum atomic E-state index is -0.494. The van der Waals surface area contributed by atoms with E-state index in [4.69, 9.17) is 14.6 Å². The third-order valence-electron chi connectivity index (χ3n) is 4.66. The normalized spacial score (nSPS) is 10.9. The zero-order valence-corrected chi connectivity index (χ0v) is 18.3. The number of ether oxygens (including phenoxy) is 2. The van der Waals surface area contributed by atoms with Crippen molar-refractivity contribution in [1.29, 1.82) is 0 Å². The van der Waals surface area contributed by atoms with E-state index in [0.717, 1.165) is 11.3 Å². The van der Waals surface area contributed by atoms with Crippen LogP contribution in [0, 0.1) is 0 Å². The summed E-state index contributed by atoms with van der Waals surface area (Å²) in [5.74, 6) is 0.529. The second-order valence-corrected chi connectivity index (χ2v) is 7.07. The van der Waals surface area contributed by atoms with Crippen molar-refractivity contribution in [3.8, 4) is 11.5 Å². The lowest BCUT2D eigenvalue weighted by molar-refractivity contribution is -0.117. The molecule has 0 bridgehead atoms. The lowest BCUT2D eigenvalue weighted by atomic mass is 10.1. The number of benzene rings is 3. The van der Waals surface area contributed by atoms with Crippen molar-refractivity contribution in [2.24, 2.45) is 0 Å². The highest BCUT2D eigenvalue weighted by molar-refractivity contribution is 6.05. The highest BCUT2D eigenvalue weighted by atomic mass is 16.5. The molecule has 0 aliphatic carbocycles. The van der Waals surface area contributed by atoms with E-state index in [0.29, 0.717) is 23.5 Å². The summed E-state index contributed by atoms with van der Waals surface area (Å²) in [5, 5.41) is 14.2. The van der Waals surface area contributed by atoms with E-state index in [1.54, 1.807) is 67.8 Å². The molecule has 0 spiro atoms. The molecular weight excluding hydrogens is 420 g/mol. The van der Waals surface area contributed by atoms with E-state index in [1.165, 1.54) is 0 Å². The Bertz CT molecular complexity index is 1100. The zero-order chi connectivity index (χ0) is 23.5. The average molecular weight is 447 g/mol. The van der Waals surface area contributed by atoms with Crippen LogP contribution in [0.3, 0.4) is 0 Å². The first-order valence-corrected chi connectivity index (χ1v) is 10.4. The molecule has 33 heavy (non-hydrogen) atoms. The third kappa shape index (κ3) is 7.22. The highest BCUT2D eigenvalue weighted by Gasteiger charge is 2.14. The number of methoxy groups -OCH3 is 1. The van der Waals surface area contributed by atoms with Crippen LogP contribution >= 0.6 is 0 Å². The van der Waals surface area contributed by atoms with Gasteiger partial charge in [0.15, 0.2) is 0 Å². The topological polar surface area (TPSA) is 96.9 Å². The second-order valence-electron chi connectivity index (χ2n) is 7.07. The lowest BCUT2D eigenvalue weighted by Crippen LogP contribution is -2.36. The molecule has 0 heterocycles. The van der Waals surface area contributed by atoms with E-state index in [1.807, 2.05) is 24.3 Å². The molecule has 0 aliphatic heterocycles. The number of hydrogen-bond acceptors (Lipinski definition) is 5. The highest BCUT2D eigenvalue weighted by Crippen LogP contribution is 2.18. The van der Waals surface area contributed by atoms with Crippen LogP contribution in [0.25, 0.3) is 6.08 Å². The molecule has 3 aromatic rings. The van der Waals surface area contributed by atoms with Gasteiger partial charge in [-0.05, 0) is 53.6 Å². The Kier molecular flexibility index (Phi) is 8.62. The summed E-state index contributed by atoms with van der Waals surface area (Å²) in [6.45, 7) is 0.258. The molecule has 0 atom stereocenters. The molecule has 2 amide bonds. The standard InChI is InChI=1S/C26H26N2O5/c1-32-23-9-5-6-20(16-23)18-33-22-12-10-19(11-13-22)17-24(26(31)27-14-15-29)28-25(30)21-7-3-2-4-8-21/h2-13,16-17,29H,14-15,18H2,1H3,(H,27,31)(H,28,30)/b24-17-. The summed E-state index contributed by atoms with van der Waals surface area (Å²) in [5.41, 5.74) is 2.18. The molecule has 7 nitrogen and oxygen atoms in total. The molecule has 3 rings (SSSR count). The van der Waals surface area contributed by atoms with Crippen LogP contribution in [0.15, 0.2) is 84.6 Å². The fraction of sp³-hybridized carbons (Fsp3) is 0.154. The predicted molar refractivity (Wildman–Crippen MR) is 126 cm³/mol. The van der Waals surface area contributed by atoms with Crippen LogP contribution in [-0.2, 0) is 11.4 Å². The summed E-state index contributed by atoms with van der Waals surface area (Å²) >= 11 is 0. The van der Waals surface area contributed by atoms with Crippen molar-refractivity contribution < 1.29 is 24.2 Å². The summed E-state index contributed by atoms with van der Waals surface area (Å²) in [7, 11) is 1.62. The summed E-state index contributed by atoms with van der Waals surface area (Å²) < 4.78 is 11.0. The monoisotopic (exact) mass is 446 g/mol. The van der Waals surface area contributed by atoms with Gasteiger partial charge in [0.2, 0.25) is 0 Å². The van der Waals surface area contributed by atoms with Crippen LogP contribution in [0.5, 0.6) is 11.5 Å². The molecule has 0 saturated carbocycles. The molecule has 0 fully saturated rings. The fourth-order valence-electron chi connectivity index (χ4n) is 2.96. The summed E-state index contributed by atoms with van der Waals surface area (Å²) in [6, 6.07) is 23.4. The predicted octanol–water partition coefficient (Wildman–Crippen LogP) is 3.15. The number of carbonyl (C=O) groups is 2. The molecule has 7 heteroatoms. The molecule has 0 unspecified atom stereocenters. The van der Waals surface area contributed by atoms with Gasteiger partial charge in [0, 0.05) is 12.1 Å². The van der Waals surface area contributed by atoms with Gasteiger partial charge in [-0.25, -0.2) is 0 Å². The van der Waals surface area contributed by atoms with E-state index in [2.05, 4.69) is 10.6 Å². The van der Waals surface area contributed by atoms with Crippen molar-refractivity contribution in [1.82, 2.24) is 10.6 Å². The Morgan fingerprint density at radius 1 is 0.939 bits per heavy atom. The van der Waals surface area contributed by atoms with Crippen LogP contribution in [-0.4, -0.2) is 37.2 Å². The Morgan fingerprint density at radius 3 is 2.39 bits per heavy atom. The zero-order valence-electron chi connectivity index (χ0n) is 18.3. The number of aliphatic hydroxyl groups excluding tert-OH is 1. The molecule has 0 radical (unpaired) electrons. The number of rotatable bonds is 10. The van der Waals surface area contributed by atoms with E-state index in [-0.39, 0.29) is 18.8 Å². The van der Waals surface area contributed by atoms with Gasteiger partial charge in [-0.2, -0.15) is 0 Å². The van der Waals surface area contributed by atoms with Gasteiger partial charge in [-0.1, -0.05) is 42.5 Å². The lowest BCUT2D eigenvalue weighted by Gasteiger charge is -2.11. The SMILES string of the molecule is COc1cccc(COc2ccc(/C=C(\NC(=O)c3ccccc3)C(=O)NCCO)cc2)c1. The maximum atomic E-state index is 12.5. The van der Waals surface area contributed by atoms with Gasteiger partial charge < -0.3 is 25.2 Å². The van der Waals surface area contributed by atoms with Gasteiger partial charge in [0.1, 0.15) is 23.8 Å². The number of nitrogens with one attached hydrogen (secondary N) is 2. The third-order valence-corrected chi connectivity index (χ3v) is 4.66. The quantitative estimate of drug-likeness (QED) is 0.416. The number of carbonyl (C=O) groups excluding carboxylic acids is 2. The van der Waals surface area contributed by atoms with Gasteiger partial charge in [-0.3, -0.25) is 9.59 Å². The molecular formula is C26H26N2O5. The molecule has 3 N–H and O–H groups in total. The maximum absolute atomic E-state index is 12.5. The van der Waals surface area contributed by atoms with E-state index in [9.17, 15) is 9.59 Å². The Hall–Kier alpha value is -4.10. The van der Waals surface area contributed by atoms with Gasteiger partial charge in [0.05, 0.1) is 13.7 Å². The van der Waals surface area contributed by atoms with Crippen LogP contribution in [0.2, 0.25) is 0 Å². The first-order chi connectivity index (χ1) is 16.1. The van der Waals surface area contributed by atoms with Crippen molar-refractivity contribution in [2.75, 3.05) is 20.3 Å². The smallest absolute Gasteiger partial charge is 0.267 e. The van der Waals surface area contributed by atoms with Gasteiger partial charge >= 0.3 is 0 Å². The molecule has 0 aliphatic rings. The van der Waals surface area contributed by atoms with E-state index < -0.39 is 11.8 Å². The van der Waals surface area contributed by atoms with Crippen molar-refractivity contribution in [3.05, 3.63) is 101 Å². The van der Waals surface area contributed by atoms with Crippen LogP contribution in [0.4, 0.5) is 0 Å². The number of aliphatic hydroxyl groups is 1. The second kappa shape index (κ2) is 12.1. The van der Waals surface area contributed by atoms with Crippen LogP contribution in [0.1, 0.15) is 21.5 Å². The van der Waals surface area contributed by atoms with Crippen molar-refractivity contribution in [2.45, 2.75) is 6.61 Å². The summed E-state index contributed by atoms with van der Waals surface area (Å²) in [6.07, 6.45) is 1.57. The molecule has 0 saturated heterocycles. The molecule has 3 aromatic carbocycles. The Morgan fingerprint density at radius 2 is 1.70 bits per heavy atom. The average Bonchev–Trinajstić information content (AvgIpc) is 2.87. The first kappa shape index (κ1) is 23.6. The Labute approximate surface area is 192 Å². The van der Waals surface area contributed by atoms with Gasteiger partial charge in [0.25, 0.3) is 11.8 Å². The first-order valence-electron chi connectivity index (χ1n) is 10.4. The number of amides is 2. The fourth-order valence-corrected chi connectivity index (χ4v) is 2.96. The minimum Gasteiger partial charge on any atom is -0.497 e. The number of hydrogen-bond donors (Lipinski definition) is 3. The van der Waals surface area contributed by atoms with E-state index >= 15 is 0 Å². The molecule has 0 aromatic heterocycles. The molecule has 170 valence electrons.